The fraction of sp³-hybridized carbons (Fsp3) is 0.273. The van der Waals surface area contributed by atoms with Gasteiger partial charge in [0.15, 0.2) is 0 Å². The highest BCUT2D eigenvalue weighted by Gasteiger charge is 2.12. The van der Waals surface area contributed by atoms with Gasteiger partial charge in [0.25, 0.3) is 0 Å². The predicted octanol–water partition coefficient (Wildman–Crippen LogP) is 2.74. The second-order valence-electron chi connectivity index (χ2n) is 3.46. The summed E-state index contributed by atoms with van der Waals surface area (Å²) in [6.45, 7) is 1.55. The maximum Gasteiger partial charge on any atom is 0.140 e. The monoisotopic (exact) mass is 270 g/mol. The number of rotatable bonds is 2. The van der Waals surface area contributed by atoms with Crippen molar-refractivity contribution >= 4 is 26.9 Å². The van der Waals surface area contributed by atoms with Crippen molar-refractivity contribution in [2.75, 3.05) is 0 Å². The van der Waals surface area contributed by atoms with Crippen molar-refractivity contribution < 1.29 is 14.6 Å². The van der Waals surface area contributed by atoms with Crippen LogP contribution in [0.2, 0.25) is 0 Å². The van der Waals surface area contributed by atoms with Gasteiger partial charge in [-0.15, -0.1) is 0 Å². The van der Waals surface area contributed by atoms with Crippen LogP contribution in [0.1, 0.15) is 24.4 Å². The fourth-order valence-electron chi connectivity index (χ4n) is 1.58. The first-order chi connectivity index (χ1) is 7.11. The lowest BCUT2D eigenvalue weighted by molar-refractivity contribution is 0.198. The van der Waals surface area contributed by atoms with Gasteiger partial charge in [-0.1, -0.05) is 15.9 Å². The Morgan fingerprint density at radius 3 is 2.73 bits per heavy atom. The van der Waals surface area contributed by atoms with E-state index in [1.54, 1.807) is 13.0 Å². The average molecular weight is 271 g/mol. The summed E-state index contributed by atoms with van der Waals surface area (Å²) < 4.78 is 6.32. The Bertz CT molecular complexity index is 488. The lowest BCUT2D eigenvalue weighted by atomic mass is 10.1. The largest absolute Gasteiger partial charge is 0.458 e. The molecule has 0 spiro atoms. The van der Waals surface area contributed by atoms with E-state index in [0.717, 1.165) is 15.4 Å². The normalized spacial score (nSPS) is 13.3. The Morgan fingerprint density at radius 2 is 2.13 bits per heavy atom. The molecular weight excluding hydrogens is 260 g/mol. The van der Waals surface area contributed by atoms with Crippen LogP contribution in [0.4, 0.5) is 0 Å². The van der Waals surface area contributed by atoms with Crippen molar-refractivity contribution in [3.8, 4) is 0 Å². The molecule has 0 saturated carbocycles. The zero-order chi connectivity index (χ0) is 11.0. The van der Waals surface area contributed by atoms with Crippen molar-refractivity contribution in [1.82, 2.24) is 0 Å². The summed E-state index contributed by atoms with van der Waals surface area (Å²) in [5.41, 5.74) is 1.36. The van der Waals surface area contributed by atoms with Gasteiger partial charge in [-0.3, -0.25) is 0 Å². The molecule has 3 nitrogen and oxygen atoms in total. The molecule has 1 unspecified atom stereocenters. The Morgan fingerprint density at radius 1 is 1.40 bits per heavy atom. The summed E-state index contributed by atoms with van der Waals surface area (Å²) >= 11 is 3.37. The zero-order valence-electron chi connectivity index (χ0n) is 8.20. The van der Waals surface area contributed by atoms with Crippen LogP contribution < -0.4 is 0 Å². The molecule has 0 aliphatic carbocycles. The summed E-state index contributed by atoms with van der Waals surface area (Å²) in [4.78, 5) is 0. The van der Waals surface area contributed by atoms with E-state index in [1.807, 2.05) is 12.1 Å². The van der Waals surface area contributed by atoms with Crippen molar-refractivity contribution in [3.05, 3.63) is 34.0 Å². The molecule has 0 bridgehead atoms. The standard InChI is InChI=1S/C11H11BrO3/c1-6(14)10-4-8(12)2-7-3-9(5-13)15-11(7)10/h2-4,6,13-14H,5H2,1H3. The van der Waals surface area contributed by atoms with E-state index in [4.69, 9.17) is 9.52 Å². The van der Waals surface area contributed by atoms with Gasteiger partial charge in [-0.05, 0) is 25.1 Å². The number of aliphatic hydroxyl groups excluding tert-OH is 2. The lowest BCUT2D eigenvalue weighted by Crippen LogP contribution is -1.91. The van der Waals surface area contributed by atoms with Crippen LogP contribution in [0.25, 0.3) is 11.0 Å². The Balaban J connectivity index is 2.72. The van der Waals surface area contributed by atoms with Crippen LogP contribution in [-0.4, -0.2) is 10.2 Å². The third-order valence-corrected chi connectivity index (χ3v) is 2.72. The Kier molecular flexibility index (Phi) is 2.82. The number of benzene rings is 1. The van der Waals surface area contributed by atoms with E-state index in [1.165, 1.54) is 0 Å². The summed E-state index contributed by atoms with van der Waals surface area (Å²) in [5.74, 6) is 0.505. The number of aliphatic hydroxyl groups is 2. The molecule has 2 N–H and O–H groups in total. The summed E-state index contributed by atoms with van der Waals surface area (Å²) in [5, 5.41) is 19.4. The highest BCUT2D eigenvalue weighted by molar-refractivity contribution is 9.10. The highest BCUT2D eigenvalue weighted by atomic mass is 79.9. The maximum atomic E-state index is 9.58. The molecule has 2 aromatic rings. The van der Waals surface area contributed by atoms with Crippen LogP contribution in [0.5, 0.6) is 0 Å². The minimum atomic E-state index is -0.595. The lowest BCUT2D eigenvalue weighted by Gasteiger charge is -2.05. The van der Waals surface area contributed by atoms with Crippen LogP contribution in [0, 0.1) is 0 Å². The second kappa shape index (κ2) is 3.96. The first kappa shape index (κ1) is 10.7. The molecule has 80 valence electrons. The average Bonchev–Trinajstić information content (AvgIpc) is 2.58. The molecule has 1 heterocycles. The van der Waals surface area contributed by atoms with Gasteiger partial charge >= 0.3 is 0 Å². The summed E-state index contributed by atoms with van der Waals surface area (Å²) in [6, 6.07) is 5.48. The number of fused-ring (bicyclic) bond motifs is 1. The molecule has 1 aromatic heterocycles. The Hall–Kier alpha value is -0.840. The molecule has 15 heavy (non-hydrogen) atoms. The van der Waals surface area contributed by atoms with Crippen LogP contribution in [0.3, 0.4) is 0 Å². The van der Waals surface area contributed by atoms with Crippen molar-refractivity contribution in [2.24, 2.45) is 0 Å². The fourth-order valence-corrected chi connectivity index (χ4v) is 2.08. The molecular formula is C11H11BrO3. The summed E-state index contributed by atoms with van der Waals surface area (Å²) in [6.07, 6.45) is -0.595. The first-order valence-corrected chi connectivity index (χ1v) is 5.42. The van der Waals surface area contributed by atoms with Crippen molar-refractivity contribution in [1.29, 1.82) is 0 Å². The van der Waals surface area contributed by atoms with E-state index in [-0.39, 0.29) is 6.61 Å². The molecule has 0 radical (unpaired) electrons. The zero-order valence-corrected chi connectivity index (χ0v) is 9.78. The number of furan rings is 1. The van der Waals surface area contributed by atoms with Gasteiger partial charge in [-0.2, -0.15) is 0 Å². The van der Waals surface area contributed by atoms with Crippen molar-refractivity contribution in [2.45, 2.75) is 19.6 Å². The van der Waals surface area contributed by atoms with Gasteiger partial charge < -0.3 is 14.6 Å². The number of hydrogen-bond donors (Lipinski definition) is 2. The minimum absolute atomic E-state index is 0.133. The molecule has 1 atom stereocenters. The minimum Gasteiger partial charge on any atom is -0.458 e. The predicted molar refractivity (Wildman–Crippen MR) is 60.5 cm³/mol. The SMILES string of the molecule is CC(O)c1cc(Br)cc2cc(CO)oc12. The van der Waals surface area contributed by atoms with Crippen LogP contribution in [-0.2, 0) is 6.61 Å². The van der Waals surface area contributed by atoms with Gasteiger partial charge in [0.1, 0.15) is 18.0 Å². The molecule has 0 saturated heterocycles. The van der Waals surface area contributed by atoms with E-state index >= 15 is 0 Å². The molecule has 4 heteroatoms. The van der Waals surface area contributed by atoms with E-state index in [9.17, 15) is 5.11 Å². The van der Waals surface area contributed by atoms with Crippen LogP contribution in [0.15, 0.2) is 27.1 Å². The van der Waals surface area contributed by atoms with Crippen LogP contribution >= 0.6 is 15.9 Å². The molecule has 0 amide bonds. The molecule has 0 aliphatic rings. The summed E-state index contributed by atoms with van der Waals surface area (Å²) in [7, 11) is 0. The first-order valence-electron chi connectivity index (χ1n) is 4.62. The molecule has 2 rings (SSSR count). The van der Waals surface area contributed by atoms with Gasteiger partial charge in [-0.25, -0.2) is 0 Å². The molecule has 1 aromatic carbocycles. The van der Waals surface area contributed by atoms with E-state index < -0.39 is 6.10 Å². The maximum absolute atomic E-state index is 9.58. The van der Waals surface area contributed by atoms with E-state index in [0.29, 0.717) is 11.3 Å². The smallest absolute Gasteiger partial charge is 0.140 e. The quantitative estimate of drug-likeness (QED) is 0.883. The highest BCUT2D eigenvalue weighted by Crippen LogP contribution is 2.30. The van der Waals surface area contributed by atoms with Gasteiger partial charge in [0, 0.05) is 15.4 Å². The molecule has 0 fully saturated rings. The third kappa shape index (κ3) is 1.93. The molecule has 0 aliphatic heterocycles. The third-order valence-electron chi connectivity index (χ3n) is 2.27. The van der Waals surface area contributed by atoms with Crippen molar-refractivity contribution in [3.63, 3.8) is 0 Å². The second-order valence-corrected chi connectivity index (χ2v) is 4.38. The topological polar surface area (TPSA) is 53.6 Å². The number of halogens is 1. The van der Waals surface area contributed by atoms with Gasteiger partial charge in [0.2, 0.25) is 0 Å². The van der Waals surface area contributed by atoms with Gasteiger partial charge in [0.05, 0.1) is 6.10 Å². The number of hydrogen-bond acceptors (Lipinski definition) is 3. The van der Waals surface area contributed by atoms with E-state index in [2.05, 4.69) is 15.9 Å². The Labute approximate surface area is 95.5 Å².